The van der Waals surface area contributed by atoms with E-state index in [9.17, 15) is 9.90 Å². The summed E-state index contributed by atoms with van der Waals surface area (Å²) in [5, 5.41) is 13.0. The molecule has 25 heavy (non-hydrogen) atoms. The van der Waals surface area contributed by atoms with Gasteiger partial charge < -0.3 is 19.9 Å². The third kappa shape index (κ3) is 4.20. The molecule has 1 saturated carbocycles. The van der Waals surface area contributed by atoms with Crippen LogP contribution < -0.4 is 5.32 Å². The Kier molecular flexibility index (Phi) is 5.08. The van der Waals surface area contributed by atoms with Gasteiger partial charge in [0, 0.05) is 31.7 Å². The lowest BCUT2D eigenvalue weighted by atomic mass is 10.1. The van der Waals surface area contributed by atoms with Crippen LogP contribution in [0.4, 0.5) is 4.79 Å². The molecule has 2 unspecified atom stereocenters. The highest BCUT2D eigenvalue weighted by molar-refractivity contribution is 5.74. The number of carbonyl (C=O) groups is 1. The van der Waals surface area contributed by atoms with Gasteiger partial charge in [0.15, 0.2) is 0 Å². The summed E-state index contributed by atoms with van der Waals surface area (Å²) >= 11 is 0. The molecule has 1 aliphatic carbocycles. The van der Waals surface area contributed by atoms with Crippen LogP contribution in [0.5, 0.6) is 0 Å². The van der Waals surface area contributed by atoms with E-state index in [0.29, 0.717) is 12.5 Å². The van der Waals surface area contributed by atoms with Crippen LogP contribution >= 0.6 is 0 Å². The van der Waals surface area contributed by atoms with Crippen LogP contribution in [-0.4, -0.2) is 45.3 Å². The van der Waals surface area contributed by atoms with Gasteiger partial charge in [-0.25, -0.2) is 9.78 Å². The van der Waals surface area contributed by atoms with Crippen LogP contribution in [0.25, 0.3) is 5.69 Å². The van der Waals surface area contributed by atoms with Gasteiger partial charge in [0.25, 0.3) is 0 Å². The second kappa shape index (κ2) is 7.27. The zero-order valence-corrected chi connectivity index (χ0v) is 15.0. The molecule has 2 amide bonds. The summed E-state index contributed by atoms with van der Waals surface area (Å²) in [6, 6.07) is 7.80. The van der Waals surface area contributed by atoms with Gasteiger partial charge in [0.2, 0.25) is 0 Å². The van der Waals surface area contributed by atoms with Crippen molar-refractivity contribution in [3.05, 3.63) is 48.0 Å². The van der Waals surface area contributed by atoms with Gasteiger partial charge >= 0.3 is 6.03 Å². The highest BCUT2D eigenvalue weighted by Gasteiger charge is 2.31. The summed E-state index contributed by atoms with van der Waals surface area (Å²) in [4.78, 5) is 18.1. The topological polar surface area (TPSA) is 70.4 Å². The van der Waals surface area contributed by atoms with Gasteiger partial charge in [-0.3, -0.25) is 0 Å². The molecule has 2 atom stereocenters. The Labute approximate surface area is 148 Å². The molecule has 0 aliphatic heterocycles. The number of rotatable bonds is 6. The van der Waals surface area contributed by atoms with Crippen molar-refractivity contribution in [3.63, 3.8) is 0 Å². The highest BCUT2D eigenvalue weighted by atomic mass is 16.3. The van der Waals surface area contributed by atoms with Gasteiger partial charge in [-0.1, -0.05) is 12.1 Å². The maximum atomic E-state index is 12.3. The number of amides is 2. The Morgan fingerprint density at radius 1 is 1.40 bits per heavy atom. The monoisotopic (exact) mass is 342 g/mol. The van der Waals surface area contributed by atoms with Gasteiger partial charge in [-0.05, 0) is 50.3 Å². The van der Waals surface area contributed by atoms with Crippen molar-refractivity contribution in [2.45, 2.75) is 38.8 Å². The Bertz CT molecular complexity index is 721. The van der Waals surface area contributed by atoms with Crippen LogP contribution in [0.15, 0.2) is 36.7 Å². The summed E-state index contributed by atoms with van der Waals surface area (Å²) in [6.45, 7) is 4.30. The van der Waals surface area contributed by atoms with E-state index in [-0.39, 0.29) is 12.1 Å². The lowest BCUT2D eigenvalue weighted by Gasteiger charge is -2.24. The fourth-order valence-electron chi connectivity index (χ4n) is 2.95. The van der Waals surface area contributed by atoms with E-state index in [4.69, 9.17) is 0 Å². The van der Waals surface area contributed by atoms with Gasteiger partial charge in [-0.15, -0.1) is 0 Å². The number of urea groups is 1. The molecule has 0 saturated heterocycles. The number of aliphatic hydroxyl groups excluding tert-OH is 1. The minimum atomic E-state index is -0.413. The van der Waals surface area contributed by atoms with Gasteiger partial charge in [0.05, 0.1) is 12.1 Å². The Balaban J connectivity index is 1.57. The van der Waals surface area contributed by atoms with Crippen LogP contribution in [0.2, 0.25) is 0 Å². The van der Waals surface area contributed by atoms with E-state index in [2.05, 4.69) is 10.3 Å². The smallest absolute Gasteiger partial charge is 0.317 e. The van der Waals surface area contributed by atoms with Crippen LogP contribution in [0.3, 0.4) is 0 Å². The van der Waals surface area contributed by atoms with E-state index in [1.54, 1.807) is 18.1 Å². The number of nitrogens with one attached hydrogen (secondary N) is 1. The molecule has 0 spiro atoms. The number of aliphatic hydroxyl groups is 1. The molecule has 3 rings (SSSR count). The molecule has 0 radical (unpaired) electrons. The molecule has 6 heteroatoms. The van der Waals surface area contributed by atoms with Crippen LogP contribution in [-0.2, 0) is 0 Å². The molecule has 1 fully saturated rings. The number of aromatic nitrogens is 2. The molecule has 2 aromatic rings. The number of benzene rings is 1. The van der Waals surface area contributed by atoms with E-state index in [1.807, 2.05) is 48.9 Å². The molecule has 1 aliphatic rings. The molecule has 6 nitrogen and oxygen atoms in total. The molecule has 134 valence electrons. The number of hydrogen-bond donors (Lipinski definition) is 2. The quantitative estimate of drug-likeness (QED) is 0.848. The fraction of sp³-hybridized carbons (Fsp3) is 0.474. The first kappa shape index (κ1) is 17.5. The normalized spacial score (nSPS) is 16.3. The standard InChI is InChI=1S/C19H26N4O2/c1-13(21-19(25)22(3)12-18(24)16-4-5-16)15-6-8-17(9-7-15)23-11-10-20-14(23)2/h6-11,13,16,18,24H,4-5,12H2,1-3H3,(H,21,25). The Hall–Kier alpha value is -2.34. The summed E-state index contributed by atoms with van der Waals surface area (Å²) in [5.41, 5.74) is 2.08. The largest absolute Gasteiger partial charge is 0.391 e. The zero-order chi connectivity index (χ0) is 18.0. The minimum Gasteiger partial charge on any atom is -0.391 e. The summed E-state index contributed by atoms with van der Waals surface area (Å²) in [5.74, 6) is 1.30. The maximum absolute atomic E-state index is 12.3. The van der Waals surface area contributed by atoms with Crippen molar-refractivity contribution in [1.82, 2.24) is 19.8 Å². The maximum Gasteiger partial charge on any atom is 0.317 e. The van der Waals surface area contributed by atoms with Crippen molar-refractivity contribution < 1.29 is 9.90 Å². The Morgan fingerprint density at radius 3 is 2.64 bits per heavy atom. The number of hydrogen-bond acceptors (Lipinski definition) is 3. The predicted octanol–water partition coefficient (Wildman–Crippen LogP) is 2.65. The second-order valence-electron chi connectivity index (χ2n) is 6.89. The van der Waals surface area contributed by atoms with E-state index >= 15 is 0 Å². The number of likely N-dealkylation sites (N-methyl/N-ethyl adjacent to an activating group) is 1. The summed E-state index contributed by atoms with van der Waals surface area (Å²) in [7, 11) is 1.72. The SMILES string of the molecule is Cc1nccn1-c1ccc(C(C)NC(=O)N(C)CC(O)C2CC2)cc1. The zero-order valence-electron chi connectivity index (χ0n) is 15.0. The minimum absolute atomic E-state index is 0.106. The number of carbonyl (C=O) groups excluding carboxylic acids is 1. The van der Waals surface area contributed by atoms with Crippen LogP contribution in [0.1, 0.15) is 37.2 Å². The Morgan fingerprint density at radius 2 is 2.08 bits per heavy atom. The lowest BCUT2D eigenvalue weighted by molar-refractivity contribution is 0.113. The van der Waals surface area contributed by atoms with E-state index in [1.165, 1.54) is 0 Å². The van der Waals surface area contributed by atoms with E-state index < -0.39 is 6.10 Å². The predicted molar refractivity (Wildman–Crippen MR) is 96.6 cm³/mol. The van der Waals surface area contributed by atoms with E-state index in [0.717, 1.165) is 29.9 Å². The average Bonchev–Trinajstić information content (AvgIpc) is 3.36. The molecule has 1 heterocycles. The third-order valence-electron chi connectivity index (χ3n) is 4.81. The molecular weight excluding hydrogens is 316 g/mol. The first-order valence-electron chi connectivity index (χ1n) is 8.75. The number of aryl methyl sites for hydroxylation is 1. The number of imidazole rings is 1. The fourth-order valence-corrected chi connectivity index (χ4v) is 2.95. The molecule has 1 aromatic carbocycles. The molecule has 2 N–H and O–H groups in total. The second-order valence-corrected chi connectivity index (χ2v) is 6.89. The average molecular weight is 342 g/mol. The van der Waals surface area contributed by atoms with Gasteiger partial charge in [-0.2, -0.15) is 0 Å². The number of nitrogens with zero attached hydrogens (tertiary/aromatic N) is 3. The van der Waals surface area contributed by atoms with Crippen molar-refractivity contribution >= 4 is 6.03 Å². The first-order valence-corrected chi connectivity index (χ1v) is 8.75. The highest BCUT2D eigenvalue weighted by Crippen LogP contribution is 2.32. The van der Waals surface area contributed by atoms with Gasteiger partial charge in [0.1, 0.15) is 5.82 Å². The molecule has 1 aromatic heterocycles. The van der Waals surface area contributed by atoms with Crippen molar-refractivity contribution in [2.24, 2.45) is 5.92 Å². The summed E-state index contributed by atoms with van der Waals surface area (Å²) < 4.78 is 2.01. The van der Waals surface area contributed by atoms with Crippen molar-refractivity contribution in [2.75, 3.05) is 13.6 Å². The van der Waals surface area contributed by atoms with Crippen LogP contribution in [0, 0.1) is 12.8 Å². The lowest BCUT2D eigenvalue weighted by Crippen LogP contribution is -2.42. The first-order chi connectivity index (χ1) is 12.0. The molecular formula is C19H26N4O2. The van der Waals surface area contributed by atoms with Crippen molar-refractivity contribution in [3.8, 4) is 5.69 Å². The third-order valence-corrected chi connectivity index (χ3v) is 4.81. The summed E-state index contributed by atoms with van der Waals surface area (Å²) in [6.07, 6.45) is 5.42. The molecule has 0 bridgehead atoms. The van der Waals surface area contributed by atoms with Crippen molar-refractivity contribution in [1.29, 1.82) is 0 Å².